The number of nitrogens with one attached hydrogen (secondary N) is 1. The van der Waals surface area contributed by atoms with Crippen LogP contribution in [0.3, 0.4) is 0 Å². The zero-order chi connectivity index (χ0) is 19.9. The Bertz CT molecular complexity index is 798. The molecular weight excluding hydrogens is 513 g/mol. The first-order valence-electron chi connectivity index (χ1n) is 9.16. The van der Waals surface area contributed by atoms with Crippen molar-refractivity contribution in [1.29, 1.82) is 0 Å². The first-order chi connectivity index (χ1) is 13.6. The highest BCUT2D eigenvalue weighted by Crippen LogP contribution is 2.21. The summed E-state index contributed by atoms with van der Waals surface area (Å²) in [5.41, 5.74) is 0.656. The van der Waals surface area contributed by atoms with E-state index in [0.29, 0.717) is 12.1 Å². The van der Waals surface area contributed by atoms with Gasteiger partial charge in [-0.1, -0.05) is 25.1 Å². The number of aliphatic imine (C=N–C) groups is 1. The third kappa shape index (κ3) is 6.36. The predicted octanol–water partition coefficient (Wildman–Crippen LogP) is 3.22. The third-order valence-corrected chi connectivity index (χ3v) is 5.28. The summed E-state index contributed by atoms with van der Waals surface area (Å²) < 4.78 is 34.1. The molecule has 0 atom stereocenters. The maximum absolute atomic E-state index is 12.6. The zero-order valence-electron chi connectivity index (χ0n) is 16.3. The lowest BCUT2D eigenvalue weighted by Crippen LogP contribution is -2.52. The Morgan fingerprint density at radius 3 is 2.62 bits per heavy atom. The molecule has 1 fully saturated rings. The molecule has 0 radical (unpaired) electrons. The van der Waals surface area contributed by atoms with Crippen molar-refractivity contribution in [2.45, 2.75) is 26.5 Å². The first kappa shape index (κ1) is 23.5. The smallest absolute Gasteiger partial charge is 0.387 e. The average Bonchev–Trinajstić information content (AvgIpc) is 3.19. The minimum absolute atomic E-state index is 0. The molecule has 0 saturated carbocycles. The number of aryl methyl sites for hydroxylation is 1. The highest BCUT2D eigenvalue weighted by molar-refractivity contribution is 14.0. The molecule has 0 unspecified atom stereocenters. The van der Waals surface area contributed by atoms with Crippen molar-refractivity contribution in [1.82, 2.24) is 19.6 Å². The molecule has 2 aromatic rings. The second kappa shape index (κ2) is 11.4. The van der Waals surface area contributed by atoms with E-state index < -0.39 is 6.61 Å². The van der Waals surface area contributed by atoms with Gasteiger partial charge in [0.15, 0.2) is 5.96 Å². The second-order valence-corrected chi connectivity index (χ2v) is 6.94. The van der Waals surface area contributed by atoms with E-state index in [4.69, 9.17) is 0 Å². The summed E-state index contributed by atoms with van der Waals surface area (Å²) in [5, 5.41) is 4.20. The first-order valence-corrected chi connectivity index (χ1v) is 9.94. The summed E-state index contributed by atoms with van der Waals surface area (Å²) in [6.45, 7) is 2.78. The Labute approximate surface area is 190 Å². The van der Waals surface area contributed by atoms with Crippen LogP contribution in [0, 0.1) is 0 Å². The van der Waals surface area contributed by atoms with Crippen LogP contribution in [0.1, 0.15) is 18.3 Å². The molecule has 11 heteroatoms. The van der Waals surface area contributed by atoms with Gasteiger partial charge in [-0.05, 0) is 6.07 Å². The van der Waals surface area contributed by atoms with Gasteiger partial charge in [-0.3, -0.25) is 4.99 Å². The molecule has 29 heavy (non-hydrogen) atoms. The van der Waals surface area contributed by atoms with E-state index in [2.05, 4.69) is 34.2 Å². The summed E-state index contributed by atoms with van der Waals surface area (Å²) in [6.07, 6.45) is 0.837. The molecule has 0 spiro atoms. The number of rotatable bonds is 6. The molecule has 1 aromatic heterocycles. The molecule has 0 amide bonds. The second-order valence-electron chi connectivity index (χ2n) is 6.21. The van der Waals surface area contributed by atoms with E-state index >= 15 is 0 Å². The van der Waals surface area contributed by atoms with Crippen molar-refractivity contribution in [2.75, 3.05) is 38.1 Å². The number of guanidine groups is 1. The van der Waals surface area contributed by atoms with Gasteiger partial charge in [-0.25, -0.2) is 4.98 Å². The Hall–Kier alpha value is -1.76. The summed E-state index contributed by atoms with van der Waals surface area (Å²) in [4.78, 5) is 13.3. The maximum atomic E-state index is 12.6. The molecule has 7 nitrogen and oxygen atoms in total. The van der Waals surface area contributed by atoms with Crippen LogP contribution in [0.25, 0.3) is 0 Å². The number of nitrogens with zero attached hydrogens (tertiary/aromatic N) is 5. The van der Waals surface area contributed by atoms with Gasteiger partial charge in [-0.15, -0.1) is 24.0 Å². The standard InChI is InChI=1S/C18H24F2N6OS.HI/c1-3-15-23-18(28-24-15)26-10-8-25(9-11-26)17(21-2)22-12-13-6-4-5-7-14(13)27-16(19)20;/h4-7,16H,3,8-12H2,1-2H3,(H,21,22);1H. The van der Waals surface area contributed by atoms with Crippen LogP contribution in [-0.4, -0.2) is 60.1 Å². The molecule has 1 aliphatic heterocycles. The number of hydrogen-bond acceptors (Lipinski definition) is 6. The quantitative estimate of drug-likeness (QED) is 0.346. The van der Waals surface area contributed by atoms with E-state index in [1.807, 2.05) is 6.92 Å². The Morgan fingerprint density at radius 2 is 2.00 bits per heavy atom. The van der Waals surface area contributed by atoms with E-state index in [1.54, 1.807) is 25.2 Å². The molecule has 1 aliphatic rings. The van der Waals surface area contributed by atoms with Crippen LogP contribution in [0.4, 0.5) is 13.9 Å². The lowest BCUT2D eigenvalue weighted by Gasteiger charge is -2.36. The van der Waals surface area contributed by atoms with Gasteiger partial charge in [0.1, 0.15) is 11.6 Å². The summed E-state index contributed by atoms with van der Waals surface area (Å²) in [6, 6.07) is 6.77. The maximum Gasteiger partial charge on any atom is 0.387 e. The normalized spacial score (nSPS) is 14.7. The van der Waals surface area contributed by atoms with Crippen molar-refractivity contribution in [3.63, 3.8) is 0 Å². The highest BCUT2D eigenvalue weighted by atomic mass is 127. The zero-order valence-corrected chi connectivity index (χ0v) is 19.5. The van der Waals surface area contributed by atoms with E-state index in [-0.39, 0.29) is 29.7 Å². The van der Waals surface area contributed by atoms with Crippen LogP contribution in [-0.2, 0) is 13.0 Å². The predicted molar refractivity (Wildman–Crippen MR) is 122 cm³/mol. The van der Waals surface area contributed by atoms with Gasteiger partial charge in [0.2, 0.25) is 5.13 Å². The molecule has 1 N–H and O–H groups in total. The molecule has 1 aromatic carbocycles. The topological polar surface area (TPSA) is 65.9 Å². The fraction of sp³-hybridized carbons (Fsp3) is 0.500. The number of alkyl halides is 2. The van der Waals surface area contributed by atoms with Crippen LogP contribution < -0.4 is 15.0 Å². The van der Waals surface area contributed by atoms with E-state index in [9.17, 15) is 8.78 Å². The van der Waals surface area contributed by atoms with Gasteiger partial charge in [0, 0.05) is 63.3 Å². The van der Waals surface area contributed by atoms with Gasteiger partial charge < -0.3 is 19.9 Å². The largest absolute Gasteiger partial charge is 0.434 e. The van der Waals surface area contributed by atoms with Crippen molar-refractivity contribution in [2.24, 2.45) is 4.99 Å². The molecular formula is C18H25F2IN6OS. The van der Waals surface area contributed by atoms with Crippen molar-refractivity contribution in [3.05, 3.63) is 35.7 Å². The van der Waals surface area contributed by atoms with Crippen LogP contribution in [0.2, 0.25) is 0 Å². The summed E-state index contributed by atoms with van der Waals surface area (Å²) in [5.74, 6) is 1.79. The lowest BCUT2D eigenvalue weighted by atomic mass is 10.2. The SMILES string of the molecule is CCc1nsc(N2CCN(C(=NC)NCc3ccccc3OC(F)F)CC2)n1.I. The molecule has 1 saturated heterocycles. The van der Waals surface area contributed by atoms with Crippen LogP contribution >= 0.6 is 35.5 Å². The third-order valence-electron chi connectivity index (χ3n) is 4.46. The molecule has 0 aliphatic carbocycles. The van der Waals surface area contributed by atoms with Gasteiger partial charge in [0.05, 0.1) is 0 Å². The molecule has 160 valence electrons. The van der Waals surface area contributed by atoms with E-state index in [1.165, 1.54) is 17.6 Å². The Morgan fingerprint density at radius 1 is 1.28 bits per heavy atom. The number of para-hydroxylation sites is 1. The monoisotopic (exact) mass is 538 g/mol. The Balaban J connectivity index is 0.00000300. The fourth-order valence-corrected chi connectivity index (χ4v) is 3.79. The Kier molecular flexibility index (Phi) is 9.27. The molecule has 2 heterocycles. The van der Waals surface area contributed by atoms with Crippen molar-refractivity contribution >= 4 is 46.6 Å². The van der Waals surface area contributed by atoms with Crippen LogP contribution in [0.15, 0.2) is 29.3 Å². The van der Waals surface area contributed by atoms with Gasteiger partial charge in [0.25, 0.3) is 0 Å². The minimum atomic E-state index is -2.85. The molecule has 0 bridgehead atoms. The van der Waals surface area contributed by atoms with E-state index in [0.717, 1.165) is 49.5 Å². The van der Waals surface area contributed by atoms with Crippen LogP contribution in [0.5, 0.6) is 5.75 Å². The highest BCUT2D eigenvalue weighted by Gasteiger charge is 2.22. The average molecular weight is 538 g/mol. The van der Waals surface area contributed by atoms with Crippen molar-refractivity contribution in [3.8, 4) is 5.75 Å². The number of benzene rings is 1. The van der Waals surface area contributed by atoms with Gasteiger partial charge >= 0.3 is 6.61 Å². The van der Waals surface area contributed by atoms with Gasteiger partial charge in [-0.2, -0.15) is 13.2 Å². The number of ether oxygens (including phenoxy) is 1. The van der Waals surface area contributed by atoms with Crippen molar-refractivity contribution < 1.29 is 13.5 Å². The fourth-order valence-electron chi connectivity index (χ4n) is 2.99. The summed E-state index contributed by atoms with van der Waals surface area (Å²) >= 11 is 1.44. The number of hydrogen-bond donors (Lipinski definition) is 1. The number of piperazine rings is 1. The lowest BCUT2D eigenvalue weighted by molar-refractivity contribution is -0.0504. The number of anilines is 1. The number of halogens is 3. The minimum Gasteiger partial charge on any atom is -0.434 e. The number of aromatic nitrogens is 2. The molecule has 3 rings (SSSR count). The summed E-state index contributed by atoms with van der Waals surface area (Å²) in [7, 11) is 1.72.